The smallest absolute Gasteiger partial charge is 0.492 e. The maximum atomic E-state index is 9.30. The lowest BCUT2D eigenvalue weighted by molar-refractivity contribution is 0.402. The minimum absolute atomic E-state index is 0.403. The van der Waals surface area contributed by atoms with E-state index in [0.717, 1.165) is 24.0 Å². The van der Waals surface area contributed by atoms with Crippen LogP contribution in [0.25, 0.3) is 5.57 Å². The van der Waals surface area contributed by atoms with E-state index in [4.69, 9.17) is 4.74 Å². The van der Waals surface area contributed by atoms with E-state index in [9.17, 15) is 10.0 Å². The molecule has 1 aromatic rings. The van der Waals surface area contributed by atoms with Crippen molar-refractivity contribution in [3.63, 3.8) is 0 Å². The fraction of sp³-hybridized carbons (Fsp3) is 0.412. The molecular weight excluding hydrogens is 263 g/mol. The zero-order valence-corrected chi connectivity index (χ0v) is 13.8. The summed E-state index contributed by atoms with van der Waals surface area (Å²) in [4.78, 5) is 0. The molecule has 0 heterocycles. The van der Waals surface area contributed by atoms with Gasteiger partial charge < -0.3 is 14.8 Å². The van der Waals surface area contributed by atoms with Gasteiger partial charge in [-0.15, -0.1) is 0 Å². The molecule has 0 saturated heterocycles. The third kappa shape index (κ3) is 5.41. The summed E-state index contributed by atoms with van der Waals surface area (Å²) in [5.41, 5.74) is 2.50. The van der Waals surface area contributed by atoms with E-state index >= 15 is 0 Å². The second-order valence-electron chi connectivity index (χ2n) is 3.96. The topological polar surface area (TPSA) is 49.7 Å². The van der Waals surface area contributed by atoms with Gasteiger partial charge in [0.2, 0.25) is 0 Å². The Morgan fingerprint density at radius 3 is 2.24 bits per heavy atom. The lowest BCUT2D eigenvalue weighted by atomic mass is 9.77. The molecule has 1 aromatic carbocycles. The van der Waals surface area contributed by atoms with Crippen LogP contribution in [0.15, 0.2) is 36.4 Å². The van der Waals surface area contributed by atoms with Crippen LogP contribution < -0.4 is 10.2 Å². The second-order valence-corrected chi connectivity index (χ2v) is 3.96. The number of para-hydroxylation sites is 1. The normalized spacial score (nSPS) is 12.2. The van der Waals surface area contributed by atoms with E-state index in [1.54, 1.807) is 13.2 Å². The highest BCUT2D eigenvalue weighted by atomic mass is 16.5. The van der Waals surface area contributed by atoms with Gasteiger partial charge in [-0.05, 0) is 18.4 Å². The van der Waals surface area contributed by atoms with Gasteiger partial charge in [0.05, 0.1) is 7.11 Å². The minimum Gasteiger partial charge on any atom is -0.496 e. The van der Waals surface area contributed by atoms with Crippen LogP contribution in [0, 0.1) is 0 Å². The molecule has 0 saturated carbocycles. The van der Waals surface area contributed by atoms with E-state index in [-0.39, 0.29) is 0 Å². The summed E-state index contributed by atoms with van der Waals surface area (Å²) in [5, 5.41) is 18.6. The molecule has 0 spiro atoms. The van der Waals surface area contributed by atoms with Crippen LogP contribution in [0.2, 0.25) is 0 Å². The van der Waals surface area contributed by atoms with Crippen molar-refractivity contribution in [2.75, 3.05) is 7.11 Å². The number of rotatable bonds is 3. The standard InChI is InChI=1S/C13H15BO3.2C2H6/c1-17-13-11(10-6-3-2-4-7-10)8-5-9-12(13)14(15)16;2*1-2/h2-3,5-6,8-9,15-16H,4,7H2,1H3;2*1-2H3. The van der Waals surface area contributed by atoms with Gasteiger partial charge in [0.1, 0.15) is 5.75 Å². The van der Waals surface area contributed by atoms with E-state index in [2.05, 4.69) is 6.08 Å². The van der Waals surface area contributed by atoms with Crippen molar-refractivity contribution in [2.45, 2.75) is 40.5 Å². The predicted octanol–water partition coefficient (Wildman–Crippen LogP) is 3.16. The summed E-state index contributed by atoms with van der Waals surface area (Å²) in [5.74, 6) is 0.545. The Morgan fingerprint density at radius 1 is 1.10 bits per heavy atom. The molecule has 3 nitrogen and oxygen atoms in total. The van der Waals surface area contributed by atoms with Crippen molar-refractivity contribution >= 4 is 18.2 Å². The van der Waals surface area contributed by atoms with Crippen LogP contribution in [0.4, 0.5) is 0 Å². The van der Waals surface area contributed by atoms with Crippen molar-refractivity contribution in [2.24, 2.45) is 0 Å². The highest BCUT2D eigenvalue weighted by Gasteiger charge is 2.20. The fourth-order valence-corrected chi connectivity index (χ4v) is 2.07. The lowest BCUT2D eigenvalue weighted by Crippen LogP contribution is -2.31. The van der Waals surface area contributed by atoms with Crippen molar-refractivity contribution < 1.29 is 14.8 Å². The predicted molar refractivity (Wildman–Crippen MR) is 91.9 cm³/mol. The van der Waals surface area contributed by atoms with Crippen LogP contribution in [-0.2, 0) is 0 Å². The average Bonchev–Trinajstić information content (AvgIpc) is 2.58. The maximum absolute atomic E-state index is 9.30. The summed E-state index contributed by atoms with van der Waals surface area (Å²) < 4.78 is 5.31. The largest absolute Gasteiger partial charge is 0.496 e. The summed E-state index contributed by atoms with van der Waals surface area (Å²) >= 11 is 0. The average molecular weight is 290 g/mol. The molecule has 2 N–H and O–H groups in total. The molecule has 2 rings (SSSR count). The quantitative estimate of drug-likeness (QED) is 0.841. The van der Waals surface area contributed by atoms with Crippen LogP contribution in [-0.4, -0.2) is 24.3 Å². The molecular formula is C17H27BO3. The molecule has 21 heavy (non-hydrogen) atoms. The molecule has 4 heteroatoms. The summed E-state index contributed by atoms with van der Waals surface area (Å²) in [6.07, 6.45) is 8.11. The van der Waals surface area contributed by atoms with E-state index in [1.165, 1.54) is 0 Å². The molecule has 0 amide bonds. The monoisotopic (exact) mass is 290 g/mol. The van der Waals surface area contributed by atoms with Gasteiger partial charge >= 0.3 is 7.12 Å². The maximum Gasteiger partial charge on any atom is 0.492 e. The molecule has 0 aliphatic heterocycles. The van der Waals surface area contributed by atoms with Gasteiger partial charge in [-0.1, -0.05) is 64.1 Å². The highest BCUT2D eigenvalue weighted by molar-refractivity contribution is 6.59. The number of allylic oxidation sites excluding steroid dienone is 4. The van der Waals surface area contributed by atoms with E-state index in [1.807, 2.05) is 52.0 Å². The molecule has 0 fully saturated rings. The number of benzene rings is 1. The molecule has 0 radical (unpaired) electrons. The zero-order chi connectivity index (χ0) is 16.3. The number of ether oxygens (including phenoxy) is 1. The third-order valence-corrected chi connectivity index (χ3v) is 2.89. The van der Waals surface area contributed by atoms with Crippen LogP contribution in [0.1, 0.15) is 46.1 Å². The Bertz CT molecular complexity index is 465. The molecule has 0 bridgehead atoms. The van der Waals surface area contributed by atoms with E-state index < -0.39 is 7.12 Å². The third-order valence-electron chi connectivity index (χ3n) is 2.89. The fourth-order valence-electron chi connectivity index (χ4n) is 2.07. The van der Waals surface area contributed by atoms with Crippen LogP contribution in [0.5, 0.6) is 5.75 Å². The van der Waals surface area contributed by atoms with Crippen LogP contribution >= 0.6 is 0 Å². The minimum atomic E-state index is -1.51. The Morgan fingerprint density at radius 2 is 1.76 bits per heavy atom. The first-order valence-electron chi connectivity index (χ1n) is 7.63. The first kappa shape index (κ1) is 19.5. The number of hydrogen-bond donors (Lipinski definition) is 2. The van der Waals surface area contributed by atoms with Crippen molar-refractivity contribution in [3.05, 3.63) is 42.0 Å². The van der Waals surface area contributed by atoms with Gasteiger partial charge in [-0.3, -0.25) is 0 Å². The zero-order valence-electron chi connectivity index (χ0n) is 13.8. The van der Waals surface area contributed by atoms with E-state index in [0.29, 0.717) is 11.2 Å². The second kappa shape index (κ2) is 11.2. The van der Waals surface area contributed by atoms with Crippen molar-refractivity contribution in [1.29, 1.82) is 0 Å². The Balaban J connectivity index is 0.000000921. The molecule has 0 aromatic heterocycles. The first-order valence-corrected chi connectivity index (χ1v) is 7.63. The molecule has 0 unspecified atom stereocenters. The Labute approximate surface area is 129 Å². The van der Waals surface area contributed by atoms with Gasteiger partial charge in [-0.25, -0.2) is 0 Å². The first-order chi connectivity index (χ1) is 10.2. The number of methoxy groups -OCH3 is 1. The van der Waals surface area contributed by atoms with Gasteiger partial charge in [0.25, 0.3) is 0 Å². The van der Waals surface area contributed by atoms with Gasteiger partial charge in [0, 0.05) is 11.0 Å². The Hall–Kier alpha value is -1.52. The van der Waals surface area contributed by atoms with Crippen LogP contribution in [0.3, 0.4) is 0 Å². The summed E-state index contributed by atoms with van der Waals surface area (Å²) in [7, 11) is 0.0360. The van der Waals surface area contributed by atoms with Gasteiger partial charge in [-0.2, -0.15) is 0 Å². The SMILES string of the molecule is CC.CC.COc1c(B(O)O)cccc1C1=CC=CCC1. The molecule has 1 aliphatic rings. The summed E-state index contributed by atoms with van der Waals surface area (Å²) in [6, 6.07) is 5.41. The Kier molecular flexibility index (Phi) is 10.4. The molecule has 116 valence electrons. The lowest BCUT2D eigenvalue weighted by Gasteiger charge is -2.16. The van der Waals surface area contributed by atoms with Crippen molar-refractivity contribution in [3.8, 4) is 5.75 Å². The van der Waals surface area contributed by atoms with Crippen molar-refractivity contribution in [1.82, 2.24) is 0 Å². The number of hydrogen-bond acceptors (Lipinski definition) is 3. The molecule has 1 aliphatic carbocycles. The van der Waals surface area contributed by atoms with Gasteiger partial charge in [0.15, 0.2) is 0 Å². The highest BCUT2D eigenvalue weighted by Crippen LogP contribution is 2.29. The molecule has 0 atom stereocenters. The summed E-state index contributed by atoms with van der Waals surface area (Å²) in [6.45, 7) is 8.00.